The predicted molar refractivity (Wildman–Crippen MR) is 135 cm³/mol. The number of carbonyl (C=O) groups is 4. The molecule has 1 spiro atoms. The quantitative estimate of drug-likeness (QED) is 0.297. The maximum absolute atomic E-state index is 12.8. The Morgan fingerprint density at radius 3 is 2.42 bits per heavy atom. The van der Waals surface area contributed by atoms with Gasteiger partial charge in [0, 0.05) is 30.2 Å². The molecule has 0 radical (unpaired) electrons. The van der Waals surface area contributed by atoms with Crippen molar-refractivity contribution in [3.05, 3.63) is 23.8 Å². The molecule has 38 heavy (non-hydrogen) atoms. The highest BCUT2D eigenvalue weighted by Crippen LogP contribution is 2.63. The van der Waals surface area contributed by atoms with Crippen LogP contribution >= 0.6 is 0 Å². The van der Waals surface area contributed by atoms with Gasteiger partial charge >= 0.3 is 23.9 Å². The summed E-state index contributed by atoms with van der Waals surface area (Å²) in [7, 11) is 4.02. The van der Waals surface area contributed by atoms with Gasteiger partial charge in [0.25, 0.3) is 0 Å². The first-order chi connectivity index (χ1) is 17.9. The smallest absolute Gasteiger partial charge is 0.334 e. The molecule has 0 aromatic heterocycles. The van der Waals surface area contributed by atoms with Crippen LogP contribution < -0.4 is 0 Å². The van der Waals surface area contributed by atoms with Crippen LogP contribution in [0.5, 0.6) is 0 Å². The van der Waals surface area contributed by atoms with Gasteiger partial charge < -0.3 is 29.3 Å². The van der Waals surface area contributed by atoms with Crippen LogP contribution in [0.15, 0.2) is 23.8 Å². The van der Waals surface area contributed by atoms with Gasteiger partial charge in [-0.2, -0.15) is 0 Å². The first kappa shape index (κ1) is 28.3. The Morgan fingerprint density at radius 2 is 1.87 bits per heavy atom. The summed E-state index contributed by atoms with van der Waals surface area (Å²) in [6.07, 6.45) is 10.7. The lowest BCUT2D eigenvalue weighted by molar-refractivity contribution is -0.166. The lowest BCUT2D eigenvalue weighted by Crippen LogP contribution is -2.57. The summed E-state index contributed by atoms with van der Waals surface area (Å²) in [4.78, 5) is 46.6. The summed E-state index contributed by atoms with van der Waals surface area (Å²) < 4.78 is 18.1. The predicted octanol–water partition coefficient (Wildman–Crippen LogP) is 2.81. The number of allylic oxidation sites excluding steroid dienone is 1. The largest absolute Gasteiger partial charge is 0.478 e. The van der Waals surface area contributed by atoms with E-state index in [1.54, 1.807) is 0 Å². The fourth-order valence-corrected chi connectivity index (χ4v) is 7.02. The Balaban J connectivity index is 0.000000368. The van der Waals surface area contributed by atoms with Gasteiger partial charge in [0.05, 0.1) is 12.5 Å². The van der Waals surface area contributed by atoms with E-state index < -0.39 is 11.9 Å². The summed E-state index contributed by atoms with van der Waals surface area (Å²) in [6, 6.07) is 0. The first-order valence-electron chi connectivity index (χ1n) is 13.5. The molecule has 5 aliphatic rings. The first-order valence-corrected chi connectivity index (χ1v) is 13.5. The molecule has 0 amide bonds. The van der Waals surface area contributed by atoms with Gasteiger partial charge in [-0.15, -0.1) is 0 Å². The Morgan fingerprint density at radius 1 is 1.18 bits per heavy atom. The minimum Gasteiger partial charge on any atom is -0.478 e. The Bertz CT molecular complexity index is 998. The van der Waals surface area contributed by atoms with Crippen molar-refractivity contribution in [2.45, 2.75) is 76.1 Å². The fourth-order valence-electron chi connectivity index (χ4n) is 7.02. The molecule has 0 unspecified atom stereocenters. The van der Waals surface area contributed by atoms with Gasteiger partial charge in [0.1, 0.15) is 17.8 Å². The van der Waals surface area contributed by atoms with E-state index in [1.165, 1.54) is 0 Å². The third-order valence-corrected chi connectivity index (χ3v) is 8.90. The summed E-state index contributed by atoms with van der Waals surface area (Å²) in [5.41, 5.74) is 0.546. The van der Waals surface area contributed by atoms with Crippen LogP contribution in [0.4, 0.5) is 0 Å². The van der Waals surface area contributed by atoms with Gasteiger partial charge in [0.15, 0.2) is 0 Å². The molecular weight excluding hydrogens is 494 g/mol. The number of hydrogen-bond donors (Lipinski definition) is 2. The van der Waals surface area contributed by atoms with Gasteiger partial charge in [-0.1, -0.05) is 13.0 Å². The van der Waals surface area contributed by atoms with Crippen LogP contribution in [0.3, 0.4) is 0 Å². The number of epoxide rings is 1. The number of ether oxygens (including phenoxy) is 3. The van der Waals surface area contributed by atoms with Gasteiger partial charge in [-0.05, 0) is 76.8 Å². The molecule has 7 atom stereocenters. The highest BCUT2D eigenvalue weighted by Gasteiger charge is 2.69. The van der Waals surface area contributed by atoms with Gasteiger partial charge in [0.2, 0.25) is 0 Å². The molecule has 3 aliphatic carbocycles. The molecule has 210 valence electrons. The summed E-state index contributed by atoms with van der Waals surface area (Å²) in [5, 5.41) is 15.6. The van der Waals surface area contributed by atoms with Crippen LogP contribution in [0, 0.1) is 23.2 Å². The molecule has 10 heteroatoms. The number of carboxylic acid groups (broad SMARTS) is 2. The zero-order chi connectivity index (χ0) is 27.7. The van der Waals surface area contributed by atoms with Crippen LogP contribution in [0.2, 0.25) is 0 Å². The van der Waals surface area contributed by atoms with E-state index in [9.17, 15) is 19.2 Å². The van der Waals surface area contributed by atoms with Crippen LogP contribution in [0.1, 0.15) is 58.3 Å². The summed E-state index contributed by atoms with van der Waals surface area (Å²) in [5.74, 6) is -2.23. The summed E-state index contributed by atoms with van der Waals surface area (Å²) >= 11 is 0. The number of rotatable bonds is 6. The Hall–Kier alpha value is -2.72. The van der Waals surface area contributed by atoms with Crippen LogP contribution in [-0.4, -0.2) is 84.0 Å². The molecule has 2 N–H and O–H groups in total. The topological polar surface area (TPSA) is 143 Å². The molecule has 2 saturated carbocycles. The molecule has 2 aliphatic heterocycles. The van der Waals surface area contributed by atoms with E-state index in [2.05, 4.69) is 17.9 Å². The van der Waals surface area contributed by atoms with Crippen LogP contribution in [-0.2, 0) is 33.4 Å². The van der Waals surface area contributed by atoms with Gasteiger partial charge in [-0.25, -0.2) is 14.4 Å². The fraction of sp³-hybridized carbons (Fsp3) is 0.714. The van der Waals surface area contributed by atoms with Gasteiger partial charge in [-0.3, -0.25) is 4.79 Å². The van der Waals surface area contributed by atoms with Crippen molar-refractivity contribution in [1.29, 1.82) is 0 Å². The second kappa shape index (κ2) is 11.2. The van der Waals surface area contributed by atoms with E-state index in [1.807, 2.05) is 14.1 Å². The molecule has 4 fully saturated rings. The normalized spacial score (nSPS) is 37.4. The highest BCUT2D eigenvalue weighted by atomic mass is 16.6. The number of carboxylic acids is 2. The number of nitrogens with zero attached hydrogens (tertiary/aromatic N) is 1. The zero-order valence-electron chi connectivity index (χ0n) is 22.4. The lowest BCUT2D eigenvalue weighted by atomic mass is 9.52. The summed E-state index contributed by atoms with van der Waals surface area (Å²) in [6.45, 7) is 3.71. The molecule has 0 bridgehead atoms. The Kier molecular flexibility index (Phi) is 8.32. The van der Waals surface area contributed by atoms with Crippen molar-refractivity contribution in [3.63, 3.8) is 0 Å². The number of fused-ring (bicyclic) bond motifs is 3. The number of aliphatic carboxylic acids is 2. The molecule has 0 aromatic carbocycles. The zero-order valence-corrected chi connectivity index (χ0v) is 22.4. The molecular formula is C28H39NO9. The molecule has 5 rings (SSSR count). The lowest BCUT2D eigenvalue weighted by Gasteiger charge is -2.53. The second-order valence-electron chi connectivity index (χ2n) is 11.8. The maximum atomic E-state index is 12.8. The minimum absolute atomic E-state index is 0.0194. The highest BCUT2D eigenvalue weighted by molar-refractivity contribution is 5.89. The molecule has 0 aromatic rings. The standard InChI is InChI=1S/C24H35NO5.C4H4O4/c1-23-10-9-20(30-21(26)15-7-5-4-6-8-15)24(14-28-24)19(23)11-16-17(13-25(2)3)22(27)29-18(16)12-23;5-3(6)1-2-4(7)8/h7,16-20H,4-6,8-14H2,1-3H3;1-2H,(H,5,6)(H,7,8)/b;2-1+/t16-,17+,18-,19-,20-,23-,24+;/m1./s1. The molecule has 2 saturated heterocycles. The molecule has 10 nitrogen and oxygen atoms in total. The van der Waals surface area contributed by atoms with Crippen molar-refractivity contribution in [2.75, 3.05) is 27.2 Å². The maximum Gasteiger partial charge on any atom is 0.334 e. The van der Waals surface area contributed by atoms with E-state index in [-0.39, 0.29) is 47.0 Å². The number of carbonyl (C=O) groups excluding carboxylic acids is 2. The molecule has 2 heterocycles. The monoisotopic (exact) mass is 533 g/mol. The number of esters is 2. The van der Waals surface area contributed by atoms with Crippen molar-refractivity contribution in [2.24, 2.45) is 23.2 Å². The van der Waals surface area contributed by atoms with E-state index in [0.717, 1.165) is 63.5 Å². The third kappa shape index (κ3) is 5.96. The van der Waals surface area contributed by atoms with E-state index >= 15 is 0 Å². The average Bonchev–Trinajstić information content (AvgIpc) is 3.59. The van der Waals surface area contributed by atoms with Crippen molar-refractivity contribution >= 4 is 23.9 Å². The third-order valence-electron chi connectivity index (χ3n) is 8.90. The minimum atomic E-state index is -1.26. The Labute approximate surface area is 223 Å². The van der Waals surface area contributed by atoms with E-state index in [4.69, 9.17) is 24.4 Å². The van der Waals surface area contributed by atoms with Crippen molar-refractivity contribution in [3.8, 4) is 0 Å². The average molecular weight is 534 g/mol. The van der Waals surface area contributed by atoms with E-state index in [0.29, 0.717) is 24.7 Å². The van der Waals surface area contributed by atoms with Crippen LogP contribution in [0.25, 0.3) is 0 Å². The number of hydrogen-bond acceptors (Lipinski definition) is 8. The second-order valence-corrected chi connectivity index (χ2v) is 11.8. The SMILES string of the molecule is CN(C)C[C@@H]1C(=O)O[C@@H]2C[C@@]3(C)CC[C@@H](OC(=O)C4=CCCCC4)[C@]4(CO4)[C@@H]3C[C@H]12.O=C(O)/C=C/C(=O)O. The van der Waals surface area contributed by atoms with Crippen molar-refractivity contribution < 1.29 is 43.6 Å². The van der Waals surface area contributed by atoms with Crippen molar-refractivity contribution in [1.82, 2.24) is 4.90 Å².